The van der Waals surface area contributed by atoms with E-state index in [1.54, 1.807) is 18.2 Å². The van der Waals surface area contributed by atoms with Crippen LogP contribution in [0.4, 0.5) is 11.4 Å². The van der Waals surface area contributed by atoms with Gasteiger partial charge in [-0.3, -0.25) is 4.79 Å². The topological polar surface area (TPSA) is 73.6 Å². The highest BCUT2D eigenvalue weighted by Gasteiger charge is 2.14. The Morgan fingerprint density at radius 3 is 2.90 bits per heavy atom. The molecule has 0 atom stereocenters. The van der Waals surface area contributed by atoms with Crippen molar-refractivity contribution in [1.29, 1.82) is 0 Å². The minimum absolute atomic E-state index is 0.0272. The van der Waals surface area contributed by atoms with Crippen LogP contribution in [0.15, 0.2) is 18.2 Å². The molecule has 2 rings (SSSR count). The van der Waals surface area contributed by atoms with E-state index in [-0.39, 0.29) is 12.5 Å². The largest absolute Gasteiger partial charge is 0.397 e. The summed E-state index contributed by atoms with van der Waals surface area (Å²) in [5, 5.41) is 3.24. The van der Waals surface area contributed by atoms with Crippen LogP contribution in [0.25, 0.3) is 0 Å². The maximum Gasteiger partial charge on any atom is 0.250 e. The predicted molar refractivity (Wildman–Crippen MR) is 78.9 cm³/mol. The van der Waals surface area contributed by atoms with Gasteiger partial charge >= 0.3 is 0 Å². The maximum atomic E-state index is 11.7. The zero-order valence-corrected chi connectivity index (χ0v) is 12.0. The van der Waals surface area contributed by atoms with Crippen molar-refractivity contribution in [3.63, 3.8) is 0 Å². The molecule has 0 bridgehead atoms. The Bertz CT molecular complexity index is 462. The summed E-state index contributed by atoms with van der Waals surface area (Å²) in [6.07, 6.45) is 1.98. The van der Waals surface area contributed by atoms with E-state index in [1.807, 2.05) is 0 Å². The molecule has 6 heteroatoms. The monoisotopic (exact) mass is 298 g/mol. The van der Waals surface area contributed by atoms with Crippen LogP contribution in [0.1, 0.15) is 12.8 Å². The average Bonchev–Trinajstić information content (AvgIpc) is 2.43. The van der Waals surface area contributed by atoms with Crippen molar-refractivity contribution in [2.45, 2.75) is 12.8 Å². The molecule has 0 unspecified atom stereocenters. The average molecular weight is 299 g/mol. The fourth-order valence-electron chi connectivity index (χ4n) is 2.07. The Hall–Kier alpha value is -1.30. The first-order valence-corrected chi connectivity index (χ1v) is 7.03. The first kappa shape index (κ1) is 15.1. The van der Waals surface area contributed by atoms with Crippen LogP contribution in [0, 0.1) is 5.92 Å². The van der Waals surface area contributed by atoms with Crippen molar-refractivity contribution in [3.8, 4) is 0 Å². The van der Waals surface area contributed by atoms with Gasteiger partial charge in [-0.05, 0) is 37.0 Å². The smallest absolute Gasteiger partial charge is 0.250 e. The third kappa shape index (κ3) is 4.67. The predicted octanol–water partition coefficient (Wildman–Crippen LogP) is 2.30. The highest BCUT2D eigenvalue weighted by Crippen LogP contribution is 2.22. The van der Waals surface area contributed by atoms with Crippen LogP contribution in [-0.4, -0.2) is 32.3 Å². The lowest BCUT2D eigenvalue weighted by Gasteiger charge is -2.21. The van der Waals surface area contributed by atoms with E-state index >= 15 is 0 Å². The van der Waals surface area contributed by atoms with E-state index in [0.29, 0.717) is 28.9 Å². The molecule has 0 saturated carbocycles. The summed E-state index contributed by atoms with van der Waals surface area (Å²) in [6.45, 7) is 2.18. The first-order chi connectivity index (χ1) is 9.65. The van der Waals surface area contributed by atoms with E-state index in [2.05, 4.69) is 5.32 Å². The number of ether oxygens (including phenoxy) is 2. The number of nitrogen functional groups attached to an aromatic ring is 1. The van der Waals surface area contributed by atoms with Crippen LogP contribution in [-0.2, 0) is 14.3 Å². The summed E-state index contributed by atoms with van der Waals surface area (Å²) in [7, 11) is 0. The molecule has 1 aromatic carbocycles. The highest BCUT2D eigenvalue weighted by molar-refractivity contribution is 6.31. The number of halogens is 1. The first-order valence-electron chi connectivity index (χ1n) is 6.65. The van der Waals surface area contributed by atoms with Crippen molar-refractivity contribution in [3.05, 3.63) is 23.2 Å². The molecule has 1 aliphatic heterocycles. The van der Waals surface area contributed by atoms with E-state index in [0.717, 1.165) is 26.1 Å². The Balaban J connectivity index is 1.72. The van der Waals surface area contributed by atoms with Crippen LogP contribution in [0.3, 0.4) is 0 Å². The SMILES string of the molecule is Nc1cc(Cl)ccc1NC(=O)COCC1CCOCC1. The number of benzene rings is 1. The number of amides is 1. The van der Waals surface area contributed by atoms with Gasteiger partial charge in [-0.1, -0.05) is 11.6 Å². The molecule has 0 spiro atoms. The number of carbonyl (C=O) groups is 1. The number of hydrogen-bond acceptors (Lipinski definition) is 4. The van der Waals surface area contributed by atoms with Crippen LogP contribution in [0.5, 0.6) is 0 Å². The minimum atomic E-state index is -0.217. The second-order valence-corrected chi connectivity index (χ2v) is 5.29. The third-order valence-corrected chi connectivity index (χ3v) is 3.45. The minimum Gasteiger partial charge on any atom is -0.397 e. The standard InChI is InChI=1S/C14H19ClN2O3/c15-11-1-2-13(12(16)7-11)17-14(18)9-20-8-10-3-5-19-6-4-10/h1-2,7,10H,3-6,8-9,16H2,(H,17,18). The molecule has 1 aromatic rings. The van der Waals surface area contributed by atoms with Crippen molar-refractivity contribution >= 4 is 28.9 Å². The van der Waals surface area contributed by atoms with Gasteiger partial charge in [-0.15, -0.1) is 0 Å². The third-order valence-electron chi connectivity index (χ3n) is 3.22. The molecule has 1 heterocycles. The Morgan fingerprint density at radius 1 is 1.45 bits per heavy atom. The molecule has 3 N–H and O–H groups in total. The maximum absolute atomic E-state index is 11.7. The van der Waals surface area contributed by atoms with Gasteiger partial charge in [0.2, 0.25) is 5.91 Å². The summed E-state index contributed by atoms with van der Waals surface area (Å²) >= 11 is 5.80. The van der Waals surface area contributed by atoms with Crippen LogP contribution >= 0.6 is 11.6 Å². The zero-order valence-electron chi connectivity index (χ0n) is 11.2. The number of nitrogens with one attached hydrogen (secondary N) is 1. The second kappa shape index (κ2) is 7.47. The summed E-state index contributed by atoms with van der Waals surface area (Å²) in [5.74, 6) is 0.267. The highest BCUT2D eigenvalue weighted by atomic mass is 35.5. The molecule has 0 radical (unpaired) electrons. The number of anilines is 2. The summed E-state index contributed by atoms with van der Waals surface area (Å²) < 4.78 is 10.7. The van der Waals surface area contributed by atoms with Gasteiger partial charge in [0.15, 0.2) is 0 Å². The molecule has 1 fully saturated rings. The molecule has 1 amide bonds. The lowest BCUT2D eigenvalue weighted by molar-refractivity contribution is -0.121. The van der Waals surface area contributed by atoms with E-state index in [1.165, 1.54) is 0 Å². The van der Waals surface area contributed by atoms with Gasteiger partial charge < -0.3 is 20.5 Å². The molecule has 0 aliphatic carbocycles. The fraction of sp³-hybridized carbons (Fsp3) is 0.500. The zero-order chi connectivity index (χ0) is 14.4. The van der Waals surface area contributed by atoms with Gasteiger partial charge in [0.05, 0.1) is 18.0 Å². The Kier molecular flexibility index (Phi) is 5.64. The normalized spacial score (nSPS) is 16.1. The van der Waals surface area contributed by atoms with Crippen molar-refractivity contribution in [2.75, 3.05) is 37.5 Å². The molecular weight excluding hydrogens is 280 g/mol. The molecule has 20 heavy (non-hydrogen) atoms. The Morgan fingerprint density at radius 2 is 2.20 bits per heavy atom. The van der Waals surface area contributed by atoms with Crippen molar-refractivity contribution < 1.29 is 14.3 Å². The summed E-state index contributed by atoms with van der Waals surface area (Å²) in [5.41, 5.74) is 6.75. The summed E-state index contributed by atoms with van der Waals surface area (Å²) in [6, 6.07) is 4.95. The molecule has 0 aromatic heterocycles. The van der Waals surface area contributed by atoms with Gasteiger partial charge in [-0.25, -0.2) is 0 Å². The van der Waals surface area contributed by atoms with Gasteiger partial charge in [0.25, 0.3) is 0 Å². The van der Waals surface area contributed by atoms with Gasteiger partial charge in [-0.2, -0.15) is 0 Å². The molecule has 5 nitrogen and oxygen atoms in total. The van der Waals surface area contributed by atoms with Gasteiger partial charge in [0.1, 0.15) is 6.61 Å². The van der Waals surface area contributed by atoms with E-state index in [9.17, 15) is 4.79 Å². The van der Waals surface area contributed by atoms with Crippen LogP contribution < -0.4 is 11.1 Å². The van der Waals surface area contributed by atoms with Crippen LogP contribution in [0.2, 0.25) is 5.02 Å². The number of carbonyl (C=O) groups excluding carboxylic acids is 1. The van der Waals surface area contributed by atoms with E-state index < -0.39 is 0 Å². The fourth-order valence-corrected chi connectivity index (χ4v) is 2.25. The summed E-state index contributed by atoms with van der Waals surface area (Å²) in [4.78, 5) is 11.7. The number of hydrogen-bond donors (Lipinski definition) is 2. The Labute approximate surface area is 123 Å². The van der Waals surface area contributed by atoms with Gasteiger partial charge in [0, 0.05) is 18.2 Å². The van der Waals surface area contributed by atoms with Crippen molar-refractivity contribution in [1.82, 2.24) is 0 Å². The molecule has 1 aliphatic rings. The quantitative estimate of drug-likeness (QED) is 0.818. The lowest BCUT2D eigenvalue weighted by Crippen LogP contribution is -2.24. The van der Waals surface area contributed by atoms with E-state index in [4.69, 9.17) is 26.8 Å². The molecule has 1 saturated heterocycles. The lowest BCUT2D eigenvalue weighted by atomic mass is 10.0. The van der Waals surface area contributed by atoms with Crippen molar-refractivity contribution in [2.24, 2.45) is 5.92 Å². The molecular formula is C14H19ClN2O3. The molecule has 110 valence electrons. The number of rotatable bonds is 5. The number of nitrogens with two attached hydrogens (primary N) is 1. The second-order valence-electron chi connectivity index (χ2n) is 4.85.